The molecule has 2 rings (SSSR count). The van der Waals surface area contributed by atoms with Crippen molar-refractivity contribution in [3.63, 3.8) is 0 Å². The third kappa shape index (κ3) is 0.989. The normalized spacial score (nSPS) is 25.2. The maximum absolute atomic E-state index is 11.2. The van der Waals surface area contributed by atoms with Gasteiger partial charge in [0.05, 0.1) is 0 Å². The quantitative estimate of drug-likeness (QED) is 0.657. The number of aromatic nitrogens is 1. The van der Waals surface area contributed by atoms with Crippen molar-refractivity contribution in [3.05, 3.63) is 36.2 Å². The maximum atomic E-state index is 11.2. The van der Waals surface area contributed by atoms with Crippen LogP contribution < -0.4 is 5.73 Å². The van der Waals surface area contributed by atoms with Crippen LogP contribution in [0.25, 0.3) is 0 Å². The molecule has 2 heterocycles. The number of allylic oxidation sites excluding steroid dienone is 1. The van der Waals surface area contributed by atoms with Gasteiger partial charge in [0.2, 0.25) is 0 Å². The van der Waals surface area contributed by atoms with Gasteiger partial charge in [0.25, 0.3) is 5.91 Å². The molecule has 1 aliphatic heterocycles. The average Bonchev–Trinajstić information content (AvgIpc) is 2.75. The molecule has 0 aliphatic carbocycles. The molecule has 1 aromatic heterocycles. The van der Waals surface area contributed by atoms with Gasteiger partial charge in [-0.05, 0) is 12.2 Å². The first-order valence-electron chi connectivity index (χ1n) is 3.83. The van der Waals surface area contributed by atoms with E-state index in [1.807, 2.05) is 0 Å². The lowest BCUT2D eigenvalue weighted by molar-refractivity contribution is -0.121. The monoisotopic (exact) mass is 174 g/mol. The lowest BCUT2D eigenvalue weighted by atomic mass is 9.93. The van der Waals surface area contributed by atoms with Crippen molar-refractivity contribution in [1.82, 2.24) is 4.98 Å². The van der Waals surface area contributed by atoms with Crippen molar-refractivity contribution in [2.45, 2.75) is 5.54 Å². The second-order valence-corrected chi connectivity index (χ2v) is 2.78. The van der Waals surface area contributed by atoms with Crippen LogP contribution in [0.2, 0.25) is 0 Å². The van der Waals surface area contributed by atoms with Crippen molar-refractivity contribution < 1.29 is 4.79 Å². The Morgan fingerprint density at radius 3 is 3.00 bits per heavy atom. The molecule has 0 spiro atoms. The summed E-state index contributed by atoms with van der Waals surface area (Å²) in [6.45, 7) is 0. The minimum atomic E-state index is -1.04. The van der Waals surface area contributed by atoms with Crippen molar-refractivity contribution in [2.24, 2.45) is 10.7 Å². The van der Waals surface area contributed by atoms with E-state index < -0.39 is 11.4 Å². The minimum absolute atomic E-state index is 0.492. The van der Waals surface area contributed by atoms with Crippen LogP contribution >= 0.6 is 0 Å². The molecular formula is C9H8N3O. The van der Waals surface area contributed by atoms with Gasteiger partial charge in [0.1, 0.15) is 0 Å². The van der Waals surface area contributed by atoms with Crippen LogP contribution in [-0.4, -0.2) is 17.1 Å². The standard InChI is InChI=1S/C9H8N3O/c10-8(13)9(3-1-4-12-9)7-2-5-11-6-7/h1,3-6,11H,(H2,10,13). The number of nitrogens with zero attached hydrogens (tertiary/aromatic N) is 1. The summed E-state index contributed by atoms with van der Waals surface area (Å²) in [4.78, 5) is 18.1. The van der Waals surface area contributed by atoms with Crippen molar-refractivity contribution in [1.29, 1.82) is 0 Å². The van der Waals surface area contributed by atoms with E-state index in [1.54, 1.807) is 30.8 Å². The summed E-state index contributed by atoms with van der Waals surface area (Å²) in [6, 6.07) is 2.88. The third-order valence-corrected chi connectivity index (χ3v) is 2.03. The van der Waals surface area contributed by atoms with Crippen molar-refractivity contribution in [3.8, 4) is 0 Å². The molecule has 4 heteroatoms. The molecule has 1 amide bonds. The van der Waals surface area contributed by atoms with Gasteiger partial charge in [-0.15, -0.1) is 0 Å². The zero-order valence-corrected chi connectivity index (χ0v) is 6.82. The summed E-state index contributed by atoms with van der Waals surface area (Å²) in [5.74, 6) is -0.492. The number of aliphatic imine (C=N–C) groups is 1. The number of aromatic amines is 1. The number of carbonyl (C=O) groups is 1. The van der Waals surface area contributed by atoms with E-state index in [0.717, 1.165) is 0 Å². The number of primary amides is 1. The van der Waals surface area contributed by atoms with Gasteiger partial charge in [-0.1, -0.05) is 0 Å². The van der Waals surface area contributed by atoms with E-state index in [1.165, 1.54) is 0 Å². The fourth-order valence-electron chi connectivity index (χ4n) is 1.33. The Bertz CT molecular complexity index is 364. The molecule has 0 saturated heterocycles. The van der Waals surface area contributed by atoms with E-state index in [-0.39, 0.29) is 0 Å². The maximum Gasteiger partial charge on any atom is 0.254 e. The Kier molecular flexibility index (Phi) is 1.55. The second-order valence-electron chi connectivity index (χ2n) is 2.78. The molecule has 0 aromatic carbocycles. The Hall–Kier alpha value is -1.84. The number of H-pyrrole nitrogens is 1. The predicted octanol–water partition coefficient (Wildman–Crippen LogP) is 0.136. The first kappa shape index (κ1) is 7.79. The third-order valence-electron chi connectivity index (χ3n) is 2.03. The molecule has 1 aromatic rings. The number of amides is 1. The van der Waals surface area contributed by atoms with E-state index >= 15 is 0 Å². The Morgan fingerprint density at radius 2 is 2.54 bits per heavy atom. The molecule has 3 N–H and O–H groups in total. The van der Waals surface area contributed by atoms with Crippen LogP contribution in [0.5, 0.6) is 0 Å². The smallest absolute Gasteiger partial charge is 0.254 e. The van der Waals surface area contributed by atoms with E-state index in [2.05, 4.69) is 16.0 Å². The predicted molar refractivity (Wildman–Crippen MR) is 48.1 cm³/mol. The Morgan fingerprint density at radius 1 is 1.69 bits per heavy atom. The van der Waals surface area contributed by atoms with Crippen LogP contribution in [0.3, 0.4) is 0 Å². The summed E-state index contributed by atoms with van der Waals surface area (Å²) in [5, 5.41) is 0. The number of hydrogen-bond acceptors (Lipinski definition) is 2. The highest BCUT2D eigenvalue weighted by Gasteiger charge is 2.37. The molecule has 1 unspecified atom stereocenters. The van der Waals surface area contributed by atoms with E-state index in [0.29, 0.717) is 5.56 Å². The molecule has 0 bridgehead atoms. The average molecular weight is 174 g/mol. The molecule has 0 saturated carbocycles. The molecule has 0 fully saturated rings. The number of nitrogens with two attached hydrogens (primary N) is 1. The van der Waals surface area contributed by atoms with Crippen LogP contribution in [0, 0.1) is 6.07 Å². The fraction of sp³-hybridized carbons (Fsp3) is 0.111. The van der Waals surface area contributed by atoms with E-state index in [4.69, 9.17) is 5.73 Å². The van der Waals surface area contributed by atoms with Gasteiger partial charge in [0, 0.05) is 30.2 Å². The summed E-state index contributed by atoms with van der Waals surface area (Å²) in [6.07, 6.45) is 8.20. The largest absolute Gasteiger partial charge is 0.367 e. The van der Waals surface area contributed by atoms with Crippen molar-refractivity contribution >= 4 is 12.1 Å². The first-order chi connectivity index (χ1) is 6.26. The molecule has 65 valence electrons. The molecular weight excluding hydrogens is 166 g/mol. The van der Waals surface area contributed by atoms with Crippen LogP contribution in [0.1, 0.15) is 5.56 Å². The minimum Gasteiger partial charge on any atom is -0.367 e. The first-order valence-corrected chi connectivity index (χ1v) is 3.83. The lowest BCUT2D eigenvalue weighted by Gasteiger charge is -2.17. The highest BCUT2D eigenvalue weighted by atomic mass is 16.1. The SMILES string of the molecule is NC(=O)C1(c2[c]c[nH]c2)C=CC=N1. The molecule has 1 aliphatic rings. The highest BCUT2D eigenvalue weighted by molar-refractivity contribution is 5.94. The molecule has 4 nitrogen and oxygen atoms in total. The number of nitrogens with one attached hydrogen (secondary N) is 1. The molecule has 1 radical (unpaired) electrons. The summed E-state index contributed by atoms with van der Waals surface area (Å²) in [7, 11) is 0. The van der Waals surface area contributed by atoms with E-state index in [9.17, 15) is 4.79 Å². The summed E-state index contributed by atoms with van der Waals surface area (Å²) < 4.78 is 0. The van der Waals surface area contributed by atoms with Crippen LogP contribution in [-0.2, 0) is 10.3 Å². The summed E-state index contributed by atoms with van der Waals surface area (Å²) in [5.41, 5.74) is 4.89. The van der Waals surface area contributed by atoms with Crippen LogP contribution in [0.15, 0.2) is 29.5 Å². The van der Waals surface area contributed by atoms with Gasteiger partial charge < -0.3 is 10.7 Å². The van der Waals surface area contributed by atoms with Gasteiger partial charge >= 0.3 is 0 Å². The number of hydrogen-bond donors (Lipinski definition) is 2. The fourth-order valence-corrected chi connectivity index (χ4v) is 1.33. The Balaban J connectivity index is 2.53. The highest BCUT2D eigenvalue weighted by Crippen LogP contribution is 2.28. The molecule has 13 heavy (non-hydrogen) atoms. The lowest BCUT2D eigenvalue weighted by Crippen LogP contribution is -2.36. The van der Waals surface area contributed by atoms with Gasteiger partial charge in [-0.25, -0.2) is 0 Å². The van der Waals surface area contributed by atoms with Gasteiger partial charge in [-0.3, -0.25) is 9.79 Å². The van der Waals surface area contributed by atoms with Crippen molar-refractivity contribution in [2.75, 3.05) is 0 Å². The number of rotatable bonds is 2. The second kappa shape index (κ2) is 2.58. The Labute approximate surface area is 75.2 Å². The zero-order chi connectivity index (χ0) is 9.31. The molecule has 1 atom stereocenters. The van der Waals surface area contributed by atoms with Crippen LogP contribution in [0.4, 0.5) is 0 Å². The zero-order valence-electron chi connectivity index (χ0n) is 6.82. The van der Waals surface area contributed by atoms with Gasteiger partial charge in [0.15, 0.2) is 5.54 Å². The topological polar surface area (TPSA) is 71.2 Å². The van der Waals surface area contributed by atoms with Gasteiger partial charge in [-0.2, -0.15) is 0 Å². The number of carbonyl (C=O) groups excluding carboxylic acids is 1. The summed E-state index contributed by atoms with van der Waals surface area (Å²) >= 11 is 0.